The van der Waals surface area contributed by atoms with Gasteiger partial charge in [-0.25, -0.2) is 9.78 Å². The van der Waals surface area contributed by atoms with E-state index in [4.69, 9.17) is 38.3 Å². The number of methoxy groups -OCH3 is 1. The Morgan fingerprint density at radius 2 is 1.96 bits per heavy atom. The van der Waals surface area contributed by atoms with E-state index in [1.54, 1.807) is 6.07 Å². The number of halogens is 4. The number of nitriles is 2. The molecule has 3 aromatic rings. The fraction of sp³-hybridized carbons (Fsp3) is 0.429. The second kappa shape index (κ2) is 20.1. The van der Waals surface area contributed by atoms with Crippen LogP contribution in [-0.2, 0) is 14.3 Å². The van der Waals surface area contributed by atoms with Gasteiger partial charge in [-0.15, -0.1) is 42.3 Å². The monoisotopic (exact) mass is 774 g/mol. The van der Waals surface area contributed by atoms with Gasteiger partial charge in [0.25, 0.3) is 0 Å². The molecule has 1 saturated heterocycles. The summed E-state index contributed by atoms with van der Waals surface area (Å²) in [6.45, 7) is 3.19. The lowest BCUT2D eigenvalue weighted by atomic mass is 10.00. The lowest BCUT2D eigenvalue weighted by Crippen LogP contribution is -2.56. The van der Waals surface area contributed by atoms with Crippen molar-refractivity contribution in [3.05, 3.63) is 34.6 Å². The number of guanidine groups is 1. The fourth-order valence-electron chi connectivity index (χ4n) is 4.92. The van der Waals surface area contributed by atoms with Crippen LogP contribution in [0.4, 0.5) is 27.9 Å². The zero-order chi connectivity index (χ0) is 34.1. The molecule has 9 N–H and O–H groups in total. The highest BCUT2D eigenvalue weighted by Gasteiger charge is 2.36. The number of piperidine rings is 1. The molecule has 3 atom stereocenters. The number of nitrogens with one attached hydrogen (secondary N) is 3. The third-order valence-electron chi connectivity index (χ3n) is 7.18. The first-order chi connectivity index (χ1) is 22.6. The molecule has 272 valence electrons. The maximum Gasteiger partial charge on any atom is 0.407 e. The van der Waals surface area contributed by atoms with Crippen LogP contribution in [-0.4, -0.2) is 89.1 Å². The molecule has 18 nitrogen and oxygen atoms in total. The topological polar surface area (TPSA) is 273 Å². The van der Waals surface area contributed by atoms with Gasteiger partial charge in [0.1, 0.15) is 18.2 Å². The molecular weight excluding hydrogens is 738 g/mol. The zero-order valence-corrected chi connectivity index (χ0v) is 30.2. The Labute approximate surface area is 311 Å². The van der Waals surface area contributed by atoms with E-state index in [-0.39, 0.29) is 78.4 Å². The number of fused-ring (bicyclic) bond motifs is 1. The smallest absolute Gasteiger partial charge is 0.407 e. The third kappa shape index (κ3) is 10.6. The number of aliphatic imine (C=N–C) groups is 1. The van der Waals surface area contributed by atoms with Crippen LogP contribution < -0.4 is 38.1 Å². The molecule has 1 amide bonds. The van der Waals surface area contributed by atoms with E-state index in [0.717, 1.165) is 0 Å². The number of nitrogens with two attached hydrogens (primary N) is 3. The second-order valence-electron chi connectivity index (χ2n) is 10.4. The number of hydrogen-bond donors (Lipinski definition) is 6. The Morgan fingerprint density at radius 1 is 1.22 bits per heavy atom. The molecule has 0 bridgehead atoms. The van der Waals surface area contributed by atoms with E-state index < -0.39 is 30.3 Å². The van der Waals surface area contributed by atoms with E-state index in [9.17, 15) is 20.1 Å². The van der Waals surface area contributed by atoms with Crippen LogP contribution in [0.3, 0.4) is 0 Å². The van der Waals surface area contributed by atoms with Crippen LogP contribution >= 0.6 is 48.8 Å². The van der Waals surface area contributed by atoms with Gasteiger partial charge in [-0.2, -0.15) is 20.0 Å². The van der Waals surface area contributed by atoms with Crippen molar-refractivity contribution in [2.24, 2.45) is 22.2 Å². The number of alkyl carbamates (subject to hydrolysis) is 1. The molecule has 1 aliphatic rings. The Morgan fingerprint density at radius 3 is 2.60 bits per heavy atom. The van der Waals surface area contributed by atoms with Crippen molar-refractivity contribution in [3.8, 4) is 12.1 Å². The number of imidazole rings is 1. The number of benzene rings is 1. The molecule has 2 aromatic heterocycles. The van der Waals surface area contributed by atoms with Crippen molar-refractivity contribution in [2.45, 2.75) is 44.4 Å². The molecule has 0 aliphatic carbocycles. The van der Waals surface area contributed by atoms with Crippen molar-refractivity contribution in [2.75, 3.05) is 48.8 Å². The third-order valence-corrected chi connectivity index (χ3v) is 7.57. The number of hydrogen-bond acceptors (Lipinski definition) is 14. The molecule has 0 saturated carbocycles. The summed E-state index contributed by atoms with van der Waals surface area (Å²) in [5.74, 6) is -0.250. The fourth-order valence-corrected chi connectivity index (χ4v) is 5.19. The Balaban J connectivity index is 0.00000417. The molecule has 1 fully saturated rings. The quantitative estimate of drug-likeness (QED) is 0.0666. The minimum Gasteiger partial charge on any atom is -0.457 e. The molecule has 0 spiro atoms. The van der Waals surface area contributed by atoms with Crippen LogP contribution in [0.2, 0.25) is 5.02 Å². The summed E-state index contributed by atoms with van der Waals surface area (Å²) in [5.41, 5.74) is 18.4. The van der Waals surface area contributed by atoms with Crippen LogP contribution in [0.25, 0.3) is 5.65 Å². The van der Waals surface area contributed by atoms with Gasteiger partial charge in [-0.1, -0.05) is 11.6 Å². The van der Waals surface area contributed by atoms with Crippen molar-refractivity contribution in [1.29, 1.82) is 10.5 Å². The molecule has 3 heterocycles. The predicted molar refractivity (Wildman–Crippen MR) is 195 cm³/mol. The van der Waals surface area contributed by atoms with E-state index in [1.807, 2.05) is 17.9 Å². The van der Waals surface area contributed by atoms with Gasteiger partial charge in [0.2, 0.25) is 5.95 Å². The van der Waals surface area contributed by atoms with E-state index >= 15 is 0 Å². The number of ether oxygens (including phenoxy) is 2. The lowest BCUT2D eigenvalue weighted by molar-refractivity contribution is -0.152. The van der Waals surface area contributed by atoms with Crippen molar-refractivity contribution < 1.29 is 19.1 Å². The Hall–Kier alpha value is -4.72. The lowest BCUT2D eigenvalue weighted by Gasteiger charge is -2.40. The van der Waals surface area contributed by atoms with Gasteiger partial charge in [-0.05, 0) is 38.3 Å². The van der Waals surface area contributed by atoms with Crippen LogP contribution in [0.15, 0.2) is 23.3 Å². The average molecular weight is 777 g/mol. The first kappa shape index (κ1) is 43.3. The summed E-state index contributed by atoms with van der Waals surface area (Å²) in [6, 6.07) is 5.76. The highest BCUT2D eigenvalue weighted by atomic mass is 35.5. The minimum absolute atomic E-state index is 0. The van der Waals surface area contributed by atoms with E-state index in [0.29, 0.717) is 55.3 Å². The maximum atomic E-state index is 13.0. The van der Waals surface area contributed by atoms with Crippen molar-refractivity contribution >= 4 is 95.6 Å². The zero-order valence-electron chi connectivity index (χ0n) is 27.0. The molecule has 1 aliphatic heterocycles. The highest BCUT2D eigenvalue weighted by molar-refractivity contribution is 6.36. The normalized spacial score (nSPS) is 15.4. The summed E-state index contributed by atoms with van der Waals surface area (Å²) in [6.07, 6.45) is 0.908. The molecular formula is C28H38Cl4N14O4. The molecule has 1 aromatic carbocycles. The second-order valence-corrected chi connectivity index (χ2v) is 10.8. The summed E-state index contributed by atoms with van der Waals surface area (Å²) in [7, 11) is 1.23. The van der Waals surface area contributed by atoms with E-state index in [2.05, 4.69) is 42.1 Å². The van der Waals surface area contributed by atoms with Gasteiger partial charge in [0, 0.05) is 19.6 Å². The van der Waals surface area contributed by atoms with Gasteiger partial charge in [-0.3, -0.25) is 9.79 Å². The van der Waals surface area contributed by atoms with Crippen LogP contribution in [0.5, 0.6) is 0 Å². The highest BCUT2D eigenvalue weighted by Crippen LogP contribution is 2.37. The van der Waals surface area contributed by atoms with Crippen LogP contribution in [0.1, 0.15) is 37.4 Å². The summed E-state index contributed by atoms with van der Waals surface area (Å²) in [5, 5.41) is 32.9. The predicted octanol–water partition coefficient (Wildman–Crippen LogP) is 2.19. The molecule has 0 radical (unpaired) electrons. The summed E-state index contributed by atoms with van der Waals surface area (Å²) < 4.78 is 11.9. The number of anilines is 4. The van der Waals surface area contributed by atoms with Gasteiger partial charge in [0.05, 0.1) is 53.9 Å². The standard InChI is InChI=1S/C28H35ClN14O4.3ClH/c1-3-35-23-24-37-13-16(12-31)43(24)41-27(40-23)38-19-9-15(11-30)10-20(22(19)29)42-8-6-18(39-28(45)46-2)21(14-42)47-25(44)17(32)5-4-7-36-26(33)34;;;/h9-10,13,17-18,21H,3-8,14,32H2,1-2H3,(H,39,45)(H4,33,34,36)(H2,35,38,40,41);3*1H/t17-,18+,21+;;;/m0.../s1. The molecule has 0 unspecified atom stereocenters. The van der Waals surface area contributed by atoms with Crippen LogP contribution in [0, 0.1) is 22.7 Å². The average Bonchev–Trinajstić information content (AvgIpc) is 3.48. The number of carbonyl (C=O) groups is 2. The van der Waals surface area contributed by atoms with Gasteiger partial charge < -0.3 is 47.5 Å². The van der Waals surface area contributed by atoms with Gasteiger partial charge in [0.15, 0.2) is 23.1 Å². The first-order valence-corrected chi connectivity index (χ1v) is 15.0. The number of rotatable bonds is 12. The van der Waals surface area contributed by atoms with Gasteiger partial charge >= 0.3 is 12.1 Å². The Bertz CT molecular complexity index is 1740. The molecule has 22 heteroatoms. The minimum atomic E-state index is -0.957. The number of amides is 1. The largest absolute Gasteiger partial charge is 0.457 e. The Kier molecular flexibility index (Phi) is 17.4. The number of esters is 1. The summed E-state index contributed by atoms with van der Waals surface area (Å²) in [4.78, 5) is 39.5. The SMILES string of the molecule is CCNc1nc(Nc2cc(C#N)cc(N3CC[C@@H](NC(=O)OC)[C@H](OC(=O)[C@@H](N)CCCN=C(N)N)C3)c2Cl)nn2c(C#N)cnc12.Cl.Cl.Cl. The van der Waals surface area contributed by atoms with E-state index in [1.165, 1.54) is 23.9 Å². The van der Waals surface area contributed by atoms with Crippen molar-refractivity contribution in [3.63, 3.8) is 0 Å². The molecule has 4 rings (SSSR count). The van der Waals surface area contributed by atoms with Crippen molar-refractivity contribution in [1.82, 2.24) is 24.9 Å². The number of carbonyl (C=O) groups excluding carboxylic acids is 2. The maximum absolute atomic E-state index is 13.0. The number of aromatic nitrogens is 4. The molecule has 50 heavy (non-hydrogen) atoms. The first-order valence-electron chi connectivity index (χ1n) is 14.6. The number of nitrogens with zero attached hydrogens (tertiary/aromatic N) is 8. The summed E-state index contributed by atoms with van der Waals surface area (Å²) >= 11 is 6.92.